The van der Waals surface area contributed by atoms with Crippen molar-refractivity contribution < 1.29 is 23.3 Å². The Hall–Kier alpha value is -2.88. The molecule has 0 aromatic heterocycles. The van der Waals surface area contributed by atoms with Gasteiger partial charge in [-0.2, -0.15) is 0 Å². The van der Waals surface area contributed by atoms with E-state index in [1.807, 2.05) is 30.3 Å². The first-order chi connectivity index (χ1) is 15.0. The SMILES string of the molecule is CCCCC(Cc1ccccc1)C(=O)c1ccc(OP(=O)(O)Oc2ccccc2)cc1. The first-order valence-electron chi connectivity index (χ1n) is 10.4. The van der Waals surface area contributed by atoms with Crippen molar-refractivity contribution in [3.8, 4) is 11.5 Å². The number of phosphoric acid groups is 1. The van der Waals surface area contributed by atoms with E-state index in [4.69, 9.17) is 9.05 Å². The largest absolute Gasteiger partial charge is 0.584 e. The molecule has 3 aromatic rings. The number of unbranched alkanes of at least 4 members (excludes halogenated alkanes) is 1. The van der Waals surface area contributed by atoms with Gasteiger partial charge in [-0.15, -0.1) is 0 Å². The number of Topliss-reactive ketones (excluding diaryl/α,β-unsaturated/α-hetero) is 1. The first-order valence-corrected chi connectivity index (χ1v) is 11.9. The molecule has 0 fully saturated rings. The van der Waals surface area contributed by atoms with Gasteiger partial charge in [0.2, 0.25) is 0 Å². The van der Waals surface area contributed by atoms with E-state index in [1.165, 1.54) is 12.1 Å². The van der Waals surface area contributed by atoms with E-state index in [2.05, 4.69) is 6.92 Å². The lowest BCUT2D eigenvalue weighted by molar-refractivity contribution is 0.0911. The van der Waals surface area contributed by atoms with E-state index in [0.717, 1.165) is 24.8 Å². The van der Waals surface area contributed by atoms with Gasteiger partial charge in [0, 0.05) is 11.5 Å². The fourth-order valence-corrected chi connectivity index (χ4v) is 4.17. The highest BCUT2D eigenvalue weighted by molar-refractivity contribution is 7.48. The summed E-state index contributed by atoms with van der Waals surface area (Å²) < 4.78 is 22.4. The van der Waals surface area contributed by atoms with Crippen molar-refractivity contribution >= 4 is 13.6 Å². The second kappa shape index (κ2) is 10.9. The van der Waals surface area contributed by atoms with E-state index in [0.29, 0.717) is 12.0 Å². The lowest BCUT2D eigenvalue weighted by Crippen LogP contribution is -2.17. The second-order valence-corrected chi connectivity index (χ2v) is 8.68. The molecule has 5 nitrogen and oxygen atoms in total. The number of hydrogen-bond acceptors (Lipinski definition) is 4. The van der Waals surface area contributed by atoms with Crippen LogP contribution >= 0.6 is 7.82 Å². The van der Waals surface area contributed by atoms with Crippen LogP contribution in [0.1, 0.15) is 42.1 Å². The van der Waals surface area contributed by atoms with Crippen LogP contribution in [-0.2, 0) is 11.0 Å². The number of carbonyl (C=O) groups is 1. The average molecular weight is 438 g/mol. The van der Waals surface area contributed by atoms with Gasteiger partial charge in [-0.3, -0.25) is 9.69 Å². The van der Waals surface area contributed by atoms with E-state index in [1.54, 1.807) is 42.5 Å². The quantitative estimate of drug-likeness (QED) is 0.274. The second-order valence-electron chi connectivity index (χ2n) is 7.38. The third kappa shape index (κ3) is 7.09. The monoisotopic (exact) mass is 438 g/mol. The molecule has 162 valence electrons. The topological polar surface area (TPSA) is 72.8 Å². The van der Waals surface area contributed by atoms with E-state index in [9.17, 15) is 14.3 Å². The first kappa shape index (κ1) is 22.8. The van der Waals surface area contributed by atoms with Crippen LogP contribution in [0.2, 0.25) is 0 Å². The van der Waals surface area contributed by atoms with Crippen molar-refractivity contribution in [2.45, 2.75) is 32.6 Å². The maximum Gasteiger partial charge on any atom is 0.584 e. The highest BCUT2D eigenvalue weighted by atomic mass is 31.2. The molecule has 0 aliphatic carbocycles. The number of rotatable bonds is 11. The molecule has 2 atom stereocenters. The third-order valence-corrected chi connectivity index (χ3v) is 5.81. The summed E-state index contributed by atoms with van der Waals surface area (Å²) in [6, 6.07) is 24.6. The van der Waals surface area contributed by atoms with Gasteiger partial charge in [0.25, 0.3) is 0 Å². The standard InChI is InChI=1S/C25H27O5P/c1-2-3-12-22(19-20-10-6-4-7-11-20)25(26)21-15-17-24(18-16-21)30-31(27,28)29-23-13-8-5-9-14-23/h4-11,13-18,22H,2-3,12,19H2,1H3,(H,27,28). The normalized spacial score (nSPS) is 13.7. The Balaban J connectivity index is 1.68. The Labute approximate surface area is 183 Å². The predicted octanol–water partition coefficient (Wildman–Crippen LogP) is 6.48. The summed E-state index contributed by atoms with van der Waals surface area (Å²) in [5.74, 6) is 0.349. The summed E-state index contributed by atoms with van der Waals surface area (Å²) in [5, 5.41) is 0. The fourth-order valence-electron chi connectivity index (χ4n) is 3.36. The van der Waals surface area contributed by atoms with Crippen LogP contribution in [0, 0.1) is 5.92 Å². The van der Waals surface area contributed by atoms with Gasteiger partial charge < -0.3 is 9.05 Å². The number of benzene rings is 3. The maximum atomic E-state index is 13.1. The maximum absolute atomic E-state index is 13.1. The summed E-state index contributed by atoms with van der Waals surface area (Å²) in [6.07, 6.45) is 3.52. The van der Waals surface area contributed by atoms with Crippen molar-refractivity contribution in [2.24, 2.45) is 5.92 Å². The molecule has 3 aromatic carbocycles. The Morgan fingerprint density at radius 1 is 0.871 bits per heavy atom. The van der Waals surface area contributed by atoms with Crippen LogP contribution in [0.3, 0.4) is 0 Å². The minimum atomic E-state index is -4.34. The van der Waals surface area contributed by atoms with Crippen molar-refractivity contribution in [3.05, 3.63) is 96.1 Å². The van der Waals surface area contributed by atoms with Gasteiger partial charge in [-0.25, -0.2) is 4.57 Å². The lowest BCUT2D eigenvalue weighted by Gasteiger charge is -2.17. The molecule has 0 saturated carbocycles. The molecule has 31 heavy (non-hydrogen) atoms. The van der Waals surface area contributed by atoms with Gasteiger partial charge in [0.05, 0.1) is 0 Å². The zero-order valence-corrected chi connectivity index (χ0v) is 18.4. The smallest absolute Gasteiger partial charge is 0.395 e. The van der Waals surface area contributed by atoms with Crippen molar-refractivity contribution in [2.75, 3.05) is 0 Å². The van der Waals surface area contributed by atoms with Crippen LogP contribution < -0.4 is 9.05 Å². The molecule has 0 amide bonds. The van der Waals surface area contributed by atoms with Crippen LogP contribution in [0.25, 0.3) is 0 Å². The Morgan fingerprint density at radius 3 is 2.00 bits per heavy atom. The van der Waals surface area contributed by atoms with Crippen molar-refractivity contribution in [1.82, 2.24) is 0 Å². The molecule has 1 N–H and O–H groups in total. The van der Waals surface area contributed by atoms with E-state index in [-0.39, 0.29) is 23.2 Å². The third-order valence-electron chi connectivity index (χ3n) is 4.93. The zero-order chi connectivity index (χ0) is 22.1. The molecule has 0 aliphatic rings. The summed E-state index contributed by atoms with van der Waals surface area (Å²) in [4.78, 5) is 23.1. The minimum Gasteiger partial charge on any atom is -0.395 e. The van der Waals surface area contributed by atoms with Gasteiger partial charge in [0.15, 0.2) is 5.78 Å². The van der Waals surface area contributed by atoms with Crippen molar-refractivity contribution in [3.63, 3.8) is 0 Å². The van der Waals surface area contributed by atoms with Crippen LogP contribution in [0.4, 0.5) is 0 Å². The van der Waals surface area contributed by atoms with Gasteiger partial charge >= 0.3 is 7.82 Å². The fraction of sp³-hybridized carbons (Fsp3) is 0.240. The minimum absolute atomic E-state index is 0.0663. The summed E-state index contributed by atoms with van der Waals surface area (Å²) in [6.45, 7) is 2.11. The van der Waals surface area contributed by atoms with Crippen molar-refractivity contribution in [1.29, 1.82) is 0 Å². The average Bonchev–Trinajstić information content (AvgIpc) is 2.77. The van der Waals surface area contributed by atoms with Gasteiger partial charge in [-0.1, -0.05) is 68.3 Å². The van der Waals surface area contributed by atoms with Gasteiger partial charge in [0.1, 0.15) is 11.5 Å². The zero-order valence-electron chi connectivity index (χ0n) is 17.5. The Bertz CT molecular complexity index is 1000. The Kier molecular flexibility index (Phi) is 8.05. The van der Waals surface area contributed by atoms with Crippen LogP contribution in [0.5, 0.6) is 11.5 Å². The summed E-state index contributed by atoms with van der Waals surface area (Å²) >= 11 is 0. The molecule has 3 rings (SSSR count). The molecule has 2 unspecified atom stereocenters. The number of carbonyl (C=O) groups excluding carboxylic acids is 1. The van der Waals surface area contributed by atoms with E-state index < -0.39 is 7.82 Å². The number of phosphoric ester groups is 1. The highest BCUT2D eigenvalue weighted by Gasteiger charge is 2.25. The molecule has 0 heterocycles. The highest BCUT2D eigenvalue weighted by Crippen LogP contribution is 2.44. The lowest BCUT2D eigenvalue weighted by atomic mass is 9.87. The molecular weight excluding hydrogens is 411 g/mol. The van der Waals surface area contributed by atoms with Gasteiger partial charge in [-0.05, 0) is 54.8 Å². The summed E-state index contributed by atoms with van der Waals surface area (Å²) in [5.41, 5.74) is 1.69. The molecule has 0 saturated heterocycles. The molecular formula is C25H27O5P. The molecule has 0 aliphatic heterocycles. The van der Waals surface area contributed by atoms with Crippen LogP contribution in [0.15, 0.2) is 84.9 Å². The molecule has 6 heteroatoms. The van der Waals surface area contributed by atoms with E-state index >= 15 is 0 Å². The number of para-hydroxylation sites is 1. The molecule has 0 spiro atoms. The molecule has 0 bridgehead atoms. The summed E-state index contributed by atoms with van der Waals surface area (Å²) in [7, 11) is -4.34. The predicted molar refractivity (Wildman–Crippen MR) is 121 cm³/mol. The molecule has 0 radical (unpaired) electrons. The Morgan fingerprint density at radius 2 is 1.42 bits per heavy atom. The van der Waals surface area contributed by atoms with Crippen LogP contribution in [-0.4, -0.2) is 10.7 Å². The number of ketones is 1. The number of hydrogen-bond donors (Lipinski definition) is 1.